The first-order chi connectivity index (χ1) is 18.2. The van der Waals surface area contributed by atoms with Crippen LogP contribution in [0.3, 0.4) is 0 Å². The van der Waals surface area contributed by atoms with Crippen LogP contribution >= 0.6 is 11.3 Å². The number of aliphatic carboxylic acids is 1. The van der Waals surface area contributed by atoms with E-state index in [-0.39, 0.29) is 24.8 Å². The van der Waals surface area contributed by atoms with Gasteiger partial charge in [-0.2, -0.15) is 0 Å². The van der Waals surface area contributed by atoms with E-state index >= 15 is 0 Å². The molecule has 9 nitrogen and oxygen atoms in total. The molecule has 10 heteroatoms. The molecule has 2 amide bonds. The van der Waals surface area contributed by atoms with Gasteiger partial charge in [-0.25, -0.2) is 4.98 Å². The Labute approximate surface area is 225 Å². The smallest absolute Gasteiger partial charge is 0.304 e. The number of carboxylic acid groups (broad SMARTS) is 1. The Morgan fingerprint density at radius 1 is 1.11 bits per heavy atom. The molecule has 1 aromatic heterocycles. The van der Waals surface area contributed by atoms with E-state index in [1.807, 2.05) is 48.6 Å². The van der Waals surface area contributed by atoms with Crippen molar-refractivity contribution in [3.63, 3.8) is 0 Å². The molecule has 200 valence electrons. The normalized spacial score (nSPS) is 13.7. The highest BCUT2D eigenvalue weighted by atomic mass is 32.1. The third-order valence-electron chi connectivity index (χ3n) is 6.68. The van der Waals surface area contributed by atoms with E-state index in [1.165, 1.54) is 11.3 Å². The summed E-state index contributed by atoms with van der Waals surface area (Å²) in [5.74, 6) is -0.886. The summed E-state index contributed by atoms with van der Waals surface area (Å²) in [4.78, 5) is 44.2. The molecule has 0 fully saturated rings. The molecular weight excluding hydrogens is 504 g/mol. The van der Waals surface area contributed by atoms with Gasteiger partial charge in [-0.15, -0.1) is 11.3 Å². The number of hydrogen-bond acceptors (Lipinski definition) is 7. The second-order valence-electron chi connectivity index (χ2n) is 9.76. The number of aromatic nitrogens is 1. The molecule has 0 radical (unpaired) electrons. The first-order valence-electron chi connectivity index (χ1n) is 12.3. The number of methoxy groups -OCH3 is 1. The number of fused-ring (bicyclic) bond motifs is 1. The Morgan fingerprint density at radius 3 is 2.45 bits per heavy atom. The van der Waals surface area contributed by atoms with Crippen molar-refractivity contribution in [3.05, 3.63) is 69.5 Å². The number of carbonyl (C=O) groups is 3. The minimum Gasteiger partial charge on any atom is -0.496 e. The van der Waals surface area contributed by atoms with Crippen LogP contribution in [0.15, 0.2) is 47.8 Å². The van der Waals surface area contributed by atoms with E-state index in [9.17, 15) is 19.5 Å². The summed E-state index contributed by atoms with van der Waals surface area (Å²) in [6, 6.07) is 12.9. The van der Waals surface area contributed by atoms with Crippen molar-refractivity contribution in [3.8, 4) is 17.0 Å². The van der Waals surface area contributed by atoms with Crippen molar-refractivity contribution in [2.75, 3.05) is 34.3 Å². The summed E-state index contributed by atoms with van der Waals surface area (Å²) < 4.78 is 5.50. The predicted molar refractivity (Wildman–Crippen MR) is 145 cm³/mol. The van der Waals surface area contributed by atoms with Crippen LogP contribution in [-0.2, 0) is 29.0 Å². The minimum atomic E-state index is -1.02. The van der Waals surface area contributed by atoms with E-state index in [0.29, 0.717) is 47.0 Å². The number of nitrogens with one attached hydrogen (secondary N) is 2. The molecule has 0 atom stereocenters. The molecule has 0 aliphatic heterocycles. The summed E-state index contributed by atoms with van der Waals surface area (Å²) in [6.45, 7) is 1.44. The Kier molecular flexibility index (Phi) is 8.43. The van der Waals surface area contributed by atoms with Crippen LogP contribution in [0.1, 0.15) is 32.9 Å². The average molecular weight is 537 g/mol. The number of ether oxygens (including phenoxy) is 1. The summed E-state index contributed by atoms with van der Waals surface area (Å²) >= 11 is 1.38. The fourth-order valence-electron chi connectivity index (χ4n) is 4.75. The lowest BCUT2D eigenvalue weighted by atomic mass is 9.80. The maximum atomic E-state index is 13.3. The van der Waals surface area contributed by atoms with Gasteiger partial charge in [0.05, 0.1) is 31.2 Å². The second kappa shape index (κ2) is 11.7. The average Bonchev–Trinajstić information content (AvgIpc) is 3.51. The van der Waals surface area contributed by atoms with Crippen molar-refractivity contribution < 1.29 is 24.2 Å². The molecule has 0 unspecified atom stereocenters. The maximum Gasteiger partial charge on any atom is 0.304 e. The van der Waals surface area contributed by atoms with Crippen LogP contribution < -0.4 is 15.4 Å². The quantitative estimate of drug-likeness (QED) is 0.345. The SMILES string of the molecule is COc1ccc(C(=O)NCCN(C)C)cc1-c1csc(CNC(=O)C2(CC(=O)O)Cc3ccccc3C2)n1. The molecule has 0 spiro atoms. The van der Waals surface area contributed by atoms with Crippen molar-refractivity contribution >= 4 is 29.1 Å². The molecule has 1 aliphatic carbocycles. The van der Waals surface area contributed by atoms with Gasteiger partial charge in [-0.1, -0.05) is 24.3 Å². The lowest BCUT2D eigenvalue weighted by molar-refractivity contribution is -0.145. The highest BCUT2D eigenvalue weighted by Crippen LogP contribution is 2.40. The first-order valence-corrected chi connectivity index (χ1v) is 13.2. The van der Waals surface area contributed by atoms with Crippen molar-refractivity contribution in [2.45, 2.75) is 25.8 Å². The lowest BCUT2D eigenvalue weighted by Gasteiger charge is -2.25. The predicted octanol–water partition coefficient (Wildman–Crippen LogP) is 2.99. The van der Waals surface area contributed by atoms with E-state index < -0.39 is 11.4 Å². The molecule has 4 rings (SSSR count). The summed E-state index contributed by atoms with van der Waals surface area (Å²) in [5, 5.41) is 17.9. The van der Waals surface area contributed by atoms with Gasteiger partial charge in [-0.3, -0.25) is 14.4 Å². The third-order valence-corrected chi connectivity index (χ3v) is 7.53. The Bertz CT molecular complexity index is 1310. The molecule has 2 aromatic carbocycles. The van der Waals surface area contributed by atoms with E-state index in [2.05, 4.69) is 15.6 Å². The van der Waals surface area contributed by atoms with Gasteiger partial charge in [-0.05, 0) is 56.3 Å². The number of thiazole rings is 1. The number of hydrogen-bond donors (Lipinski definition) is 3. The standard InChI is InChI=1S/C28H32N4O5S/c1-32(2)11-10-29-26(35)18-8-9-23(37-3)21(12-18)22-17-38-24(31-22)16-30-27(36)28(15-25(33)34)13-19-6-4-5-7-20(19)14-28/h4-9,12,17H,10-11,13-16H2,1-3H3,(H,29,35)(H,30,36)(H,33,34). The summed E-state index contributed by atoms with van der Waals surface area (Å²) in [5.41, 5.74) is 2.81. The summed E-state index contributed by atoms with van der Waals surface area (Å²) in [6.07, 6.45) is 0.549. The first kappa shape index (κ1) is 27.3. The van der Waals surface area contributed by atoms with Gasteiger partial charge in [0.2, 0.25) is 5.91 Å². The number of carboxylic acids is 1. The molecule has 38 heavy (non-hydrogen) atoms. The van der Waals surface area contributed by atoms with Crippen LogP contribution in [0, 0.1) is 5.41 Å². The molecule has 3 aromatic rings. The number of carbonyl (C=O) groups excluding carboxylic acids is 2. The van der Waals surface area contributed by atoms with Crippen molar-refractivity contribution in [2.24, 2.45) is 5.41 Å². The third kappa shape index (κ3) is 6.20. The molecule has 1 heterocycles. The number of amides is 2. The monoisotopic (exact) mass is 536 g/mol. The Balaban J connectivity index is 1.47. The fourth-order valence-corrected chi connectivity index (χ4v) is 5.49. The zero-order chi connectivity index (χ0) is 27.3. The molecular formula is C28H32N4O5S. The van der Waals surface area contributed by atoms with Gasteiger partial charge >= 0.3 is 5.97 Å². The highest BCUT2D eigenvalue weighted by molar-refractivity contribution is 7.09. The Morgan fingerprint density at radius 2 is 1.82 bits per heavy atom. The second-order valence-corrected chi connectivity index (χ2v) is 10.7. The van der Waals surface area contributed by atoms with Gasteiger partial charge in [0.15, 0.2) is 0 Å². The van der Waals surface area contributed by atoms with E-state index in [0.717, 1.165) is 17.7 Å². The molecule has 0 saturated heterocycles. The largest absolute Gasteiger partial charge is 0.496 e. The van der Waals surface area contributed by atoms with Crippen LogP contribution in [0.2, 0.25) is 0 Å². The van der Waals surface area contributed by atoms with E-state index in [4.69, 9.17) is 4.74 Å². The van der Waals surface area contributed by atoms with Crippen LogP contribution in [-0.4, -0.2) is 67.1 Å². The topological polar surface area (TPSA) is 121 Å². The van der Waals surface area contributed by atoms with Gasteiger partial charge in [0.1, 0.15) is 10.8 Å². The maximum absolute atomic E-state index is 13.3. The van der Waals surface area contributed by atoms with Crippen molar-refractivity contribution in [1.82, 2.24) is 20.5 Å². The number of likely N-dealkylation sites (N-methyl/N-ethyl adjacent to an activating group) is 1. The van der Waals surface area contributed by atoms with Gasteiger partial charge < -0.3 is 25.4 Å². The van der Waals surface area contributed by atoms with Crippen molar-refractivity contribution in [1.29, 1.82) is 0 Å². The minimum absolute atomic E-state index is 0.175. The van der Waals surface area contributed by atoms with Crippen LogP contribution in [0.5, 0.6) is 5.75 Å². The zero-order valence-corrected chi connectivity index (χ0v) is 22.6. The molecule has 1 aliphatic rings. The number of nitrogens with zero attached hydrogens (tertiary/aromatic N) is 2. The van der Waals surface area contributed by atoms with Gasteiger partial charge in [0.25, 0.3) is 5.91 Å². The summed E-state index contributed by atoms with van der Waals surface area (Å²) in [7, 11) is 5.45. The number of rotatable bonds is 11. The number of benzene rings is 2. The lowest BCUT2D eigenvalue weighted by Crippen LogP contribution is -2.43. The van der Waals surface area contributed by atoms with Crippen LogP contribution in [0.25, 0.3) is 11.3 Å². The van der Waals surface area contributed by atoms with E-state index in [1.54, 1.807) is 25.3 Å². The molecule has 0 saturated carbocycles. The van der Waals surface area contributed by atoms with Crippen LogP contribution in [0.4, 0.5) is 0 Å². The highest BCUT2D eigenvalue weighted by Gasteiger charge is 2.45. The molecule has 3 N–H and O–H groups in total. The zero-order valence-electron chi connectivity index (χ0n) is 21.7. The van der Waals surface area contributed by atoms with Gasteiger partial charge in [0, 0.05) is 29.6 Å². The molecule has 0 bridgehead atoms. The Hall–Kier alpha value is -3.76. The fraction of sp³-hybridized carbons (Fsp3) is 0.357.